The molecule has 0 bridgehead atoms. The van der Waals surface area contributed by atoms with E-state index in [1.54, 1.807) is 12.3 Å². The van der Waals surface area contributed by atoms with E-state index in [-0.39, 0.29) is 29.0 Å². The van der Waals surface area contributed by atoms with Gasteiger partial charge in [-0.2, -0.15) is 4.52 Å². The lowest BCUT2D eigenvalue weighted by atomic mass is 10.2. The van der Waals surface area contributed by atoms with Gasteiger partial charge in [0.1, 0.15) is 5.52 Å². The minimum absolute atomic E-state index is 0.0285. The second-order valence-corrected chi connectivity index (χ2v) is 7.79. The molecule has 0 spiro atoms. The predicted octanol–water partition coefficient (Wildman–Crippen LogP) is 2.52. The summed E-state index contributed by atoms with van der Waals surface area (Å²) >= 11 is 0. The first-order chi connectivity index (χ1) is 14.9. The largest absolute Gasteiger partial charge is 0.586 e. The number of benzene rings is 1. The predicted molar refractivity (Wildman–Crippen MR) is 106 cm³/mol. The Morgan fingerprint density at radius 2 is 2.00 bits per heavy atom. The highest BCUT2D eigenvalue weighted by atomic mass is 19.3. The molecule has 0 fully saturated rings. The number of nitrogens with zero attached hydrogens (tertiary/aromatic N) is 6. The van der Waals surface area contributed by atoms with Crippen molar-refractivity contribution in [2.45, 2.75) is 38.8 Å². The maximum absolute atomic E-state index is 13.5. The zero-order valence-electron chi connectivity index (χ0n) is 16.4. The molecule has 0 amide bonds. The molecule has 4 aromatic rings. The number of anilines is 1. The first-order valence-electron chi connectivity index (χ1n) is 9.77. The third-order valence-electron chi connectivity index (χ3n) is 5.73. The number of fused-ring (bicyclic) bond motifs is 6. The van der Waals surface area contributed by atoms with E-state index in [1.807, 2.05) is 12.3 Å². The van der Waals surface area contributed by atoms with Crippen molar-refractivity contribution in [3.05, 3.63) is 47.5 Å². The van der Waals surface area contributed by atoms with Crippen LogP contribution >= 0.6 is 0 Å². The molecule has 2 aliphatic rings. The Balaban J connectivity index is 1.34. The number of alkyl halides is 2. The van der Waals surface area contributed by atoms with Gasteiger partial charge < -0.3 is 15.2 Å². The van der Waals surface area contributed by atoms with Crippen molar-refractivity contribution in [3.8, 4) is 11.5 Å². The molecule has 0 saturated heterocycles. The van der Waals surface area contributed by atoms with Crippen molar-refractivity contribution >= 4 is 22.5 Å². The average Bonchev–Trinajstić information content (AvgIpc) is 3.41. The van der Waals surface area contributed by atoms with E-state index in [2.05, 4.69) is 41.3 Å². The van der Waals surface area contributed by atoms with Gasteiger partial charge in [0.05, 0.1) is 0 Å². The van der Waals surface area contributed by atoms with E-state index in [9.17, 15) is 8.78 Å². The normalized spacial score (nSPS) is 18.0. The Kier molecular flexibility index (Phi) is 3.64. The lowest BCUT2D eigenvalue weighted by Crippen LogP contribution is -2.30. The quantitative estimate of drug-likeness (QED) is 0.534. The number of aromatic nitrogens is 5. The molecular formula is C20H17F2N7O2. The monoisotopic (exact) mass is 425 g/mol. The van der Waals surface area contributed by atoms with E-state index >= 15 is 0 Å². The van der Waals surface area contributed by atoms with E-state index in [0.717, 1.165) is 13.1 Å². The summed E-state index contributed by atoms with van der Waals surface area (Å²) in [5.41, 5.74) is 9.15. The van der Waals surface area contributed by atoms with Crippen LogP contribution in [0, 0.1) is 0 Å². The van der Waals surface area contributed by atoms with Crippen molar-refractivity contribution in [2.75, 3.05) is 5.73 Å². The zero-order chi connectivity index (χ0) is 21.3. The lowest BCUT2D eigenvalue weighted by molar-refractivity contribution is -0.286. The van der Waals surface area contributed by atoms with E-state index in [1.165, 1.54) is 21.7 Å². The fourth-order valence-corrected chi connectivity index (χ4v) is 4.18. The Morgan fingerprint density at radius 1 is 1.16 bits per heavy atom. The van der Waals surface area contributed by atoms with Crippen LogP contribution in [0.2, 0.25) is 0 Å². The number of ether oxygens (including phenoxy) is 2. The Bertz CT molecular complexity index is 1330. The highest BCUT2D eigenvalue weighted by Gasteiger charge is 2.45. The smallest absolute Gasteiger partial charge is 0.395 e. The van der Waals surface area contributed by atoms with Crippen molar-refractivity contribution in [3.63, 3.8) is 0 Å². The van der Waals surface area contributed by atoms with Crippen LogP contribution in [0.3, 0.4) is 0 Å². The number of rotatable bonds is 3. The van der Waals surface area contributed by atoms with Crippen LogP contribution in [0.4, 0.5) is 14.7 Å². The Hall–Kier alpha value is -3.60. The van der Waals surface area contributed by atoms with Crippen molar-refractivity contribution < 1.29 is 18.3 Å². The molecule has 158 valence electrons. The Morgan fingerprint density at radius 3 is 2.84 bits per heavy atom. The van der Waals surface area contributed by atoms with E-state index in [0.29, 0.717) is 23.3 Å². The van der Waals surface area contributed by atoms with Crippen LogP contribution in [0.25, 0.3) is 16.6 Å². The van der Waals surface area contributed by atoms with Crippen LogP contribution in [0.1, 0.15) is 23.9 Å². The molecule has 1 atom stereocenters. The summed E-state index contributed by atoms with van der Waals surface area (Å²) in [6, 6.07) is 5.22. The maximum atomic E-state index is 13.5. The number of hydrogen-bond donors (Lipinski definition) is 1. The van der Waals surface area contributed by atoms with Gasteiger partial charge in [-0.3, -0.25) is 9.88 Å². The lowest BCUT2D eigenvalue weighted by Gasteiger charge is -2.22. The number of halogens is 2. The average molecular weight is 425 g/mol. The van der Waals surface area contributed by atoms with Gasteiger partial charge in [0.25, 0.3) is 0 Å². The minimum atomic E-state index is -3.74. The molecule has 11 heteroatoms. The first kappa shape index (κ1) is 18.2. The van der Waals surface area contributed by atoms with Crippen molar-refractivity contribution in [1.29, 1.82) is 0 Å². The third-order valence-corrected chi connectivity index (χ3v) is 5.73. The number of hydrogen-bond acceptors (Lipinski definition) is 8. The number of nitrogens with two attached hydrogens (primary N) is 1. The molecule has 1 aromatic carbocycles. The van der Waals surface area contributed by atoms with Crippen LogP contribution in [0.5, 0.6) is 11.5 Å². The van der Waals surface area contributed by atoms with E-state index in [4.69, 9.17) is 5.73 Å². The summed E-state index contributed by atoms with van der Waals surface area (Å²) in [6.07, 6.45) is 0.555. The van der Waals surface area contributed by atoms with Crippen LogP contribution < -0.4 is 15.2 Å². The fraction of sp³-hybridized carbons (Fsp3) is 0.300. The third kappa shape index (κ3) is 2.84. The van der Waals surface area contributed by atoms with Crippen molar-refractivity contribution in [1.82, 2.24) is 29.5 Å². The standard InChI is InChI=1S/C20H17F2N7O2/c1-10(28-8-11-4-5-24-7-12(11)9-28)6-15-25-18-13-2-3-14-17(31-20(21,22)30-14)16(13)26-19(23)29(18)27-15/h2-5,7,10H,6,8-9H2,1H3,(H2,23,26). The number of pyridine rings is 1. The van der Waals surface area contributed by atoms with Gasteiger partial charge in [-0.25, -0.2) is 9.97 Å². The van der Waals surface area contributed by atoms with Gasteiger partial charge in [0, 0.05) is 43.3 Å². The molecular weight excluding hydrogens is 408 g/mol. The minimum Gasteiger partial charge on any atom is -0.395 e. The van der Waals surface area contributed by atoms with Crippen LogP contribution in [-0.4, -0.2) is 41.8 Å². The van der Waals surface area contributed by atoms with E-state index < -0.39 is 6.29 Å². The molecule has 3 aromatic heterocycles. The van der Waals surface area contributed by atoms with Gasteiger partial charge >= 0.3 is 6.29 Å². The SMILES string of the molecule is CC(Cc1nc2c3ccc4c(c3nc(N)n2n1)OC(F)(F)O4)N1Cc2ccncc2C1. The highest BCUT2D eigenvalue weighted by Crippen LogP contribution is 2.45. The summed E-state index contributed by atoms with van der Waals surface area (Å²) in [6.45, 7) is 3.78. The Labute approximate surface area is 174 Å². The number of nitrogen functional groups attached to an aromatic ring is 1. The molecule has 2 aliphatic heterocycles. The summed E-state index contributed by atoms with van der Waals surface area (Å²) in [5, 5.41) is 5.00. The molecule has 0 radical (unpaired) electrons. The second-order valence-electron chi connectivity index (χ2n) is 7.79. The van der Waals surface area contributed by atoms with Gasteiger partial charge in [-0.1, -0.05) is 0 Å². The molecule has 1 unspecified atom stereocenters. The van der Waals surface area contributed by atoms with Crippen LogP contribution in [0.15, 0.2) is 30.6 Å². The molecule has 0 saturated carbocycles. The second kappa shape index (κ2) is 6.20. The zero-order valence-corrected chi connectivity index (χ0v) is 16.4. The highest BCUT2D eigenvalue weighted by molar-refractivity contribution is 5.97. The molecule has 5 heterocycles. The molecule has 2 N–H and O–H groups in total. The van der Waals surface area contributed by atoms with Crippen molar-refractivity contribution in [2.24, 2.45) is 0 Å². The molecule has 6 rings (SSSR count). The molecule has 0 aliphatic carbocycles. The van der Waals surface area contributed by atoms with Gasteiger partial charge in [-0.15, -0.1) is 13.9 Å². The first-order valence-corrected chi connectivity index (χ1v) is 9.77. The molecule has 9 nitrogen and oxygen atoms in total. The van der Waals surface area contributed by atoms with Gasteiger partial charge in [-0.05, 0) is 36.2 Å². The van der Waals surface area contributed by atoms with Crippen LogP contribution in [-0.2, 0) is 19.5 Å². The molecule has 31 heavy (non-hydrogen) atoms. The fourth-order valence-electron chi connectivity index (χ4n) is 4.18. The van der Waals surface area contributed by atoms with Gasteiger partial charge in [0.2, 0.25) is 5.95 Å². The summed E-state index contributed by atoms with van der Waals surface area (Å²) in [4.78, 5) is 15.4. The van der Waals surface area contributed by atoms with Gasteiger partial charge in [0.15, 0.2) is 23.0 Å². The maximum Gasteiger partial charge on any atom is 0.586 e. The topological polar surface area (TPSA) is 104 Å². The summed E-state index contributed by atoms with van der Waals surface area (Å²) in [7, 11) is 0. The summed E-state index contributed by atoms with van der Waals surface area (Å²) < 4.78 is 37.6. The summed E-state index contributed by atoms with van der Waals surface area (Å²) in [5.74, 6) is 0.370.